The second-order valence-corrected chi connectivity index (χ2v) is 5.66. The minimum atomic E-state index is 0.489. The van der Waals surface area contributed by atoms with Crippen LogP contribution in [-0.4, -0.2) is 15.8 Å². The Labute approximate surface area is 122 Å². The minimum Gasteiger partial charge on any atom is -0.310 e. The Morgan fingerprint density at radius 2 is 1.95 bits per heavy atom. The van der Waals surface area contributed by atoms with Gasteiger partial charge in [-0.25, -0.2) is 0 Å². The van der Waals surface area contributed by atoms with Crippen molar-refractivity contribution in [2.24, 2.45) is 0 Å². The molecule has 1 N–H and O–H groups in total. The van der Waals surface area contributed by atoms with Gasteiger partial charge >= 0.3 is 0 Å². The third-order valence-corrected chi connectivity index (χ3v) is 3.66. The van der Waals surface area contributed by atoms with Gasteiger partial charge in [-0.3, -0.25) is 4.68 Å². The van der Waals surface area contributed by atoms with E-state index in [9.17, 15) is 0 Å². The Hall–Kier alpha value is -1.61. The lowest BCUT2D eigenvalue weighted by Crippen LogP contribution is -2.22. The smallest absolute Gasteiger partial charge is 0.0571 e. The lowest BCUT2D eigenvalue weighted by molar-refractivity contribution is 0.589. The molecule has 0 aliphatic rings. The first-order chi connectivity index (χ1) is 9.52. The van der Waals surface area contributed by atoms with E-state index >= 15 is 0 Å². The highest BCUT2D eigenvalue weighted by Crippen LogP contribution is 2.28. The molecule has 1 aromatic heterocycles. The second kappa shape index (κ2) is 6.23. The fourth-order valence-corrected chi connectivity index (χ4v) is 2.44. The summed E-state index contributed by atoms with van der Waals surface area (Å²) in [5.41, 5.74) is 6.41. The van der Waals surface area contributed by atoms with Crippen molar-refractivity contribution in [3.63, 3.8) is 0 Å². The van der Waals surface area contributed by atoms with Gasteiger partial charge in [-0.15, -0.1) is 0 Å². The van der Waals surface area contributed by atoms with Crippen LogP contribution in [0.4, 0.5) is 0 Å². The number of nitrogens with one attached hydrogen (secondary N) is 1. The van der Waals surface area contributed by atoms with Gasteiger partial charge in [-0.1, -0.05) is 37.6 Å². The average molecular weight is 271 g/mol. The van der Waals surface area contributed by atoms with E-state index in [4.69, 9.17) is 0 Å². The number of rotatable bonds is 5. The standard InChI is InChI=1S/C17H25N3/c1-6-20-14(5)17(11-19-20)16-9-13(4)7-8-15(16)10-18-12(2)3/h7-9,11-12,18H,6,10H2,1-5H3. The van der Waals surface area contributed by atoms with Crippen LogP contribution in [0.15, 0.2) is 24.4 Å². The molecule has 3 nitrogen and oxygen atoms in total. The number of hydrogen-bond donors (Lipinski definition) is 1. The van der Waals surface area contributed by atoms with E-state index in [2.05, 4.69) is 67.9 Å². The first kappa shape index (κ1) is 14.8. The molecule has 0 amide bonds. The molecule has 0 radical (unpaired) electrons. The van der Waals surface area contributed by atoms with E-state index < -0.39 is 0 Å². The molecule has 3 heteroatoms. The first-order valence-corrected chi connectivity index (χ1v) is 7.38. The van der Waals surface area contributed by atoms with E-state index in [1.807, 2.05) is 6.20 Å². The van der Waals surface area contributed by atoms with Crippen molar-refractivity contribution in [1.29, 1.82) is 0 Å². The van der Waals surface area contributed by atoms with Crippen molar-refractivity contribution in [3.8, 4) is 11.1 Å². The third kappa shape index (κ3) is 3.10. The predicted octanol–water partition coefficient (Wildman–Crippen LogP) is 3.68. The minimum absolute atomic E-state index is 0.489. The number of hydrogen-bond acceptors (Lipinski definition) is 2. The molecule has 1 heterocycles. The summed E-state index contributed by atoms with van der Waals surface area (Å²) < 4.78 is 2.05. The summed E-state index contributed by atoms with van der Waals surface area (Å²) in [6, 6.07) is 7.16. The maximum atomic E-state index is 4.47. The molecule has 0 saturated heterocycles. The monoisotopic (exact) mass is 271 g/mol. The Kier molecular flexibility index (Phi) is 4.61. The quantitative estimate of drug-likeness (QED) is 0.899. The maximum absolute atomic E-state index is 4.47. The maximum Gasteiger partial charge on any atom is 0.0571 e. The molecule has 20 heavy (non-hydrogen) atoms. The van der Waals surface area contributed by atoms with Crippen LogP contribution >= 0.6 is 0 Å². The predicted molar refractivity (Wildman–Crippen MR) is 84.8 cm³/mol. The Bertz CT molecular complexity index is 582. The van der Waals surface area contributed by atoms with Gasteiger partial charge < -0.3 is 5.32 Å². The van der Waals surface area contributed by atoms with Crippen molar-refractivity contribution in [2.45, 2.75) is 53.8 Å². The number of benzene rings is 1. The molecular weight excluding hydrogens is 246 g/mol. The molecule has 0 aliphatic heterocycles. The van der Waals surface area contributed by atoms with Gasteiger partial charge in [0.2, 0.25) is 0 Å². The van der Waals surface area contributed by atoms with E-state index in [1.165, 1.54) is 27.9 Å². The van der Waals surface area contributed by atoms with Crippen LogP contribution in [0.1, 0.15) is 37.6 Å². The molecule has 1 aromatic carbocycles. The summed E-state index contributed by atoms with van der Waals surface area (Å²) in [6.07, 6.45) is 1.99. The highest BCUT2D eigenvalue weighted by atomic mass is 15.3. The van der Waals surface area contributed by atoms with Crippen LogP contribution in [-0.2, 0) is 13.1 Å². The van der Waals surface area contributed by atoms with Gasteiger partial charge in [-0.05, 0) is 31.9 Å². The first-order valence-electron chi connectivity index (χ1n) is 7.38. The lowest BCUT2D eigenvalue weighted by atomic mass is 9.98. The molecule has 108 valence electrons. The summed E-state index contributed by atoms with van der Waals surface area (Å²) in [4.78, 5) is 0. The average Bonchev–Trinajstić information content (AvgIpc) is 2.78. The molecule has 0 fully saturated rings. The molecule has 0 unspecified atom stereocenters. The Morgan fingerprint density at radius 3 is 2.55 bits per heavy atom. The highest BCUT2D eigenvalue weighted by Gasteiger charge is 2.12. The topological polar surface area (TPSA) is 29.9 Å². The van der Waals surface area contributed by atoms with Crippen LogP contribution < -0.4 is 5.32 Å². The van der Waals surface area contributed by atoms with E-state index in [0.717, 1.165) is 13.1 Å². The molecule has 0 atom stereocenters. The van der Waals surface area contributed by atoms with Gasteiger partial charge in [0, 0.05) is 30.4 Å². The van der Waals surface area contributed by atoms with Crippen molar-refractivity contribution < 1.29 is 0 Å². The summed E-state index contributed by atoms with van der Waals surface area (Å²) >= 11 is 0. The van der Waals surface area contributed by atoms with Gasteiger partial charge in [0.25, 0.3) is 0 Å². The van der Waals surface area contributed by atoms with Gasteiger partial charge in [0.15, 0.2) is 0 Å². The van der Waals surface area contributed by atoms with Crippen LogP contribution in [0, 0.1) is 13.8 Å². The SMILES string of the molecule is CCn1ncc(-c2cc(C)ccc2CNC(C)C)c1C. The number of nitrogens with zero attached hydrogens (tertiary/aromatic N) is 2. The van der Waals surface area contributed by atoms with E-state index in [-0.39, 0.29) is 0 Å². The van der Waals surface area contributed by atoms with Crippen LogP contribution in [0.5, 0.6) is 0 Å². The van der Waals surface area contributed by atoms with Crippen molar-refractivity contribution in [2.75, 3.05) is 0 Å². The van der Waals surface area contributed by atoms with Gasteiger partial charge in [-0.2, -0.15) is 5.10 Å². The molecule has 0 aliphatic carbocycles. The van der Waals surface area contributed by atoms with Crippen LogP contribution in [0.25, 0.3) is 11.1 Å². The summed E-state index contributed by atoms with van der Waals surface area (Å²) in [7, 11) is 0. The fraction of sp³-hybridized carbons (Fsp3) is 0.471. The number of aromatic nitrogens is 2. The molecule has 2 rings (SSSR count). The second-order valence-electron chi connectivity index (χ2n) is 5.66. The van der Waals surface area contributed by atoms with Crippen molar-refractivity contribution in [3.05, 3.63) is 41.2 Å². The zero-order valence-electron chi connectivity index (χ0n) is 13.2. The third-order valence-electron chi connectivity index (χ3n) is 3.66. The van der Waals surface area contributed by atoms with Crippen molar-refractivity contribution in [1.82, 2.24) is 15.1 Å². The Balaban J connectivity index is 2.42. The van der Waals surface area contributed by atoms with Crippen molar-refractivity contribution >= 4 is 0 Å². The Morgan fingerprint density at radius 1 is 1.20 bits per heavy atom. The normalized spacial score (nSPS) is 11.3. The van der Waals surface area contributed by atoms with E-state index in [1.54, 1.807) is 0 Å². The van der Waals surface area contributed by atoms with Gasteiger partial charge in [0.05, 0.1) is 6.20 Å². The highest BCUT2D eigenvalue weighted by molar-refractivity contribution is 5.69. The van der Waals surface area contributed by atoms with Gasteiger partial charge in [0.1, 0.15) is 0 Å². The summed E-state index contributed by atoms with van der Waals surface area (Å²) in [5.74, 6) is 0. The van der Waals surface area contributed by atoms with Crippen LogP contribution in [0.3, 0.4) is 0 Å². The van der Waals surface area contributed by atoms with E-state index in [0.29, 0.717) is 6.04 Å². The molecular formula is C17H25N3. The molecule has 0 spiro atoms. The zero-order valence-corrected chi connectivity index (χ0v) is 13.2. The fourth-order valence-electron chi connectivity index (χ4n) is 2.44. The molecule has 0 bridgehead atoms. The number of aryl methyl sites for hydroxylation is 2. The molecule has 2 aromatic rings. The summed E-state index contributed by atoms with van der Waals surface area (Å²) in [6.45, 7) is 12.6. The lowest BCUT2D eigenvalue weighted by Gasteiger charge is -2.13. The zero-order chi connectivity index (χ0) is 14.7. The largest absolute Gasteiger partial charge is 0.310 e. The molecule has 0 saturated carbocycles. The van der Waals surface area contributed by atoms with Crippen LogP contribution in [0.2, 0.25) is 0 Å². The summed E-state index contributed by atoms with van der Waals surface area (Å²) in [5, 5.41) is 7.98.